The molecular formula is C49H44BrN9O18S4. The third-order valence-corrected chi connectivity index (χ3v) is 13.8. The fourth-order valence-corrected chi connectivity index (χ4v) is 8.98. The van der Waals surface area contributed by atoms with Gasteiger partial charge >= 0.3 is 6.41 Å². The Morgan fingerprint density at radius 2 is 1.17 bits per heavy atom. The van der Waals surface area contributed by atoms with Gasteiger partial charge in [-0.2, -0.15) is 18.4 Å². The number of imide groups is 8. The molecule has 0 unspecified atom stereocenters. The van der Waals surface area contributed by atoms with E-state index in [9.17, 15) is 84.0 Å². The lowest BCUT2D eigenvalue weighted by Crippen LogP contribution is -3.00. The van der Waals surface area contributed by atoms with Crippen molar-refractivity contribution in [1.82, 2.24) is 32.8 Å². The summed E-state index contributed by atoms with van der Waals surface area (Å²) in [6, 6.07) is 28.1. The van der Waals surface area contributed by atoms with Crippen LogP contribution >= 0.6 is 23.6 Å². The van der Waals surface area contributed by atoms with Gasteiger partial charge in [-0.3, -0.25) is 66.9 Å². The lowest BCUT2D eigenvalue weighted by Gasteiger charge is -2.12. The van der Waals surface area contributed by atoms with Crippen molar-refractivity contribution in [2.75, 3.05) is 25.3 Å². The Labute approximate surface area is 479 Å². The summed E-state index contributed by atoms with van der Waals surface area (Å²) in [6.07, 6.45) is 8.36. The highest BCUT2D eigenvalue weighted by Gasteiger charge is 2.41. The predicted octanol–water partition coefficient (Wildman–Crippen LogP) is -2.05. The predicted molar refractivity (Wildman–Crippen MR) is 283 cm³/mol. The van der Waals surface area contributed by atoms with Crippen molar-refractivity contribution in [3.05, 3.63) is 169 Å². The molecule has 0 bridgehead atoms. The highest BCUT2D eigenvalue weighted by Crippen LogP contribution is 2.28. The zero-order valence-corrected chi connectivity index (χ0v) is 47.3. The number of benzene rings is 3. The Hall–Kier alpha value is -9.37. The van der Waals surface area contributed by atoms with Crippen molar-refractivity contribution in [3.63, 3.8) is 0 Å². The van der Waals surface area contributed by atoms with Crippen LogP contribution in [0.1, 0.15) is 59.3 Å². The molecule has 6 aromatic rings. The van der Waals surface area contributed by atoms with Crippen molar-refractivity contribution in [2.24, 2.45) is 0 Å². The van der Waals surface area contributed by atoms with Crippen LogP contribution in [-0.4, -0.2) is 150 Å². The van der Waals surface area contributed by atoms with Gasteiger partial charge < -0.3 is 21.9 Å². The number of aryl methyl sites for hydroxylation is 1. The SMILES string of the molecule is CN(C)c1cc[n+](C=O)cc1.CS(=O)(=O)N(C=O)C(=O)c1ccccc1.Cc1nn(C=O)c(=S)s1.O=CN1C(=O)CCC1=O.O=CN1C(=O)c2ccccc2C1=O.O=CN1C(=O)c2ccccc2S1(=O)=O.O=Cn1ccccc1=O.[Br-]. The van der Waals surface area contributed by atoms with Crippen molar-refractivity contribution in [3.8, 4) is 0 Å². The van der Waals surface area contributed by atoms with Gasteiger partial charge in [0, 0.05) is 62.6 Å². The van der Waals surface area contributed by atoms with E-state index in [0.29, 0.717) is 37.7 Å². The van der Waals surface area contributed by atoms with Crippen LogP contribution in [-0.2, 0) is 63.2 Å². The Kier molecular flexibility index (Phi) is 26.7. The molecule has 1 fully saturated rings. The lowest BCUT2D eigenvalue weighted by atomic mass is 10.1. The minimum atomic E-state index is -3.93. The molecule has 0 aliphatic carbocycles. The number of hydrogen-bond donors (Lipinski definition) is 0. The fourth-order valence-electron chi connectivity index (χ4n) is 6.08. The molecule has 3 aliphatic rings. The zero-order chi connectivity index (χ0) is 59.9. The number of carbonyl (C=O) groups is 13. The molecule has 9 rings (SSSR count). The van der Waals surface area contributed by atoms with Crippen molar-refractivity contribution in [1.29, 1.82) is 0 Å². The molecule has 81 heavy (non-hydrogen) atoms. The summed E-state index contributed by atoms with van der Waals surface area (Å²) in [7, 11) is -3.86. The summed E-state index contributed by atoms with van der Waals surface area (Å²) < 4.78 is 49.6. The van der Waals surface area contributed by atoms with Crippen molar-refractivity contribution in [2.45, 2.75) is 24.7 Å². The number of hydrogen-bond acceptors (Lipinski definition) is 22. The normalized spacial score (nSPS) is 12.8. The summed E-state index contributed by atoms with van der Waals surface area (Å²) in [5.74, 6) is -3.53. The molecule has 10 amide bonds. The third kappa shape index (κ3) is 18.4. The van der Waals surface area contributed by atoms with Crippen LogP contribution in [0.15, 0.2) is 137 Å². The number of rotatable bonds is 10. The number of anilines is 1. The van der Waals surface area contributed by atoms with Crippen LogP contribution in [0.25, 0.3) is 0 Å². The van der Waals surface area contributed by atoms with Gasteiger partial charge in [-0.15, -0.1) is 4.57 Å². The van der Waals surface area contributed by atoms with E-state index in [1.165, 1.54) is 70.6 Å². The van der Waals surface area contributed by atoms with Crippen LogP contribution in [0.2, 0.25) is 0 Å². The molecule has 424 valence electrons. The molecule has 0 atom stereocenters. The van der Waals surface area contributed by atoms with Gasteiger partial charge in [0.2, 0.25) is 60.3 Å². The number of carbonyl (C=O) groups excluding carboxylic acids is 13. The second kappa shape index (κ2) is 31.9. The van der Waals surface area contributed by atoms with Crippen LogP contribution in [0, 0.1) is 10.9 Å². The summed E-state index contributed by atoms with van der Waals surface area (Å²) in [5.41, 5.74) is 1.56. The van der Waals surface area contributed by atoms with E-state index >= 15 is 0 Å². The van der Waals surface area contributed by atoms with Crippen LogP contribution in [0.5, 0.6) is 0 Å². The van der Waals surface area contributed by atoms with Gasteiger partial charge in [-0.1, -0.05) is 59.9 Å². The molecule has 0 radical (unpaired) electrons. The molecule has 32 heteroatoms. The summed E-state index contributed by atoms with van der Waals surface area (Å²) in [6.45, 7) is 1.81. The molecule has 27 nitrogen and oxygen atoms in total. The van der Waals surface area contributed by atoms with Crippen LogP contribution in [0.3, 0.4) is 0 Å². The Morgan fingerprint density at radius 1 is 0.667 bits per heavy atom. The van der Waals surface area contributed by atoms with Crippen molar-refractivity contribution >= 4 is 130 Å². The smallest absolute Gasteiger partial charge is 0.380 e. The molecule has 3 aromatic carbocycles. The van der Waals surface area contributed by atoms with E-state index in [1.807, 2.05) is 31.1 Å². The van der Waals surface area contributed by atoms with E-state index in [-0.39, 0.29) is 85.7 Å². The monoisotopic (exact) mass is 1250 g/mol. The van der Waals surface area contributed by atoms with E-state index in [1.54, 1.807) is 67.8 Å². The van der Waals surface area contributed by atoms with Gasteiger partial charge in [-0.05, 0) is 61.6 Å². The van der Waals surface area contributed by atoms with Gasteiger partial charge in [0.05, 0.1) is 22.9 Å². The average Bonchev–Trinajstić information content (AvgIpc) is 4.11. The van der Waals surface area contributed by atoms with Gasteiger partial charge in [-0.25, -0.2) is 31.4 Å². The number of sulfonamides is 2. The number of amides is 10. The van der Waals surface area contributed by atoms with Gasteiger partial charge in [0.1, 0.15) is 9.90 Å². The fraction of sp³-hybridized carbons (Fsp3) is 0.122. The van der Waals surface area contributed by atoms with E-state index in [2.05, 4.69) is 5.10 Å². The van der Waals surface area contributed by atoms with Gasteiger partial charge in [0.15, 0.2) is 16.3 Å². The standard InChI is InChI=1S/C9H9NO4S.C9H5NO3.C8H11N2O.C8H5NO4S.C6H5NO2.C5H5NO3.C4H4N2OS2.BrH/c1-15(13,14)10(7-11)9(12)8-5-3-2-4-6-8;11-5-10-8(12)6-3-1-2-4-7(6)9(10)13;1-9(2)8-3-5-10(7-11)6-4-8;10-5-9-8(11)6-3-1-2-4-7(6)14(9,12)13;8-5-7-4-2-1-3-6(7)9;7-3-6-4(8)1-2-5(6)9;1-3-5-6(2-7)4(8)9-3;/h2-7H,1H3;1-5H;3-7H,1-2H3;1-5H;1-5H;3H,1-2H2;2H,1H3;1H/q;;+1;;;;;/p-1. The molecular weight excluding hydrogens is 1210 g/mol. The maximum atomic E-state index is 11.5. The molecule has 0 spiro atoms. The van der Waals surface area contributed by atoms with E-state index < -0.39 is 55.5 Å². The minimum Gasteiger partial charge on any atom is -1.00 e. The Balaban J connectivity index is 0.000000325. The summed E-state index contributed by atoms with van der Waals surface area (Å²) in [4.78, 5) is 152. The first-order chi connectivity index (χ1) is 37.9. The Morgan fingerprint density at radius 3 is 1.54 bits per heavy atom. The zero-order valence-electron chi connectivity index (χ0n) is 42.5. The van der Waals surface area contributed by atoms with Gasteiger partial charge in [0.25, 0.3) is 39.2 Å². The third-order valence-electron chi connectivity index (χ3n) is 9.96. The van der Waals surface area contributed by atoms with E-state index in [4.69, 9.17) is 12.2 Å². The Bertz CT molecular complexity index is 3640. The highest BCUT2D eigenvalue weighted by molar-refractivity contribution is 7.90. The molecule has 1 saturated heterocycles. The quantitative estimate of drug-likeness (QED) is 0.0617. The number of aromatic nitrogens is 4. The minimum absolute atomic E-state index is 0. The van der Waals surface area contributed by atoms with E-state index in [0.717, 1.165) is 32.6 Å². The second-order valence-corrected chi connectivity index (χ2v) is 20.9. The number of likely N-dealkylation sites (tertiary alicyclic amines) is 1. The number of fused-ring (bicyclic) bond motifs is 2. The largest absolute Gasteiger partial charge is 1.00 e. The average molecular weight is 1260 g/mol. The topological polar surface area (TPSA) is 350 Å². The first-order valence-corrected chi connectivity index (χ1v) is 26.6. The maximum Gasteiger partial charge on any atom is 0.380 e. The number of pyridine rings is 2. The molecule has 0 N–H and O–H groups in total. The number of halogens is 1. The summed E-state index contributed by atoms with van der Waals surface area (Å²) in [5, 5.41) is 4.60. The van der Waals surface area contributed by atoms with Crippen molar-refractivity contribution < 1.29 is 101 Å². The molecule has 0 saturated carbocycles. The highest BCUT2D eigenvalue weighted by atomic mass is 79.9. The summed E-state index contributed by atoms with van der Waals surface area (Å²) >= 11 is 6.09. The first kappa shape index (κ1) is 67.7. The molecule has 3 aliphatic heterocycles. The molecule has 6 heterocycles. The maximum absolute atomic E-state index is 11.5. The number of nitrogens with zero attached hydrogens (tertiary/aromatic N) is 9. The first-order valence-electron chi connectivity index (χ1n) is 22.1. The second-order valence-electron chi connectivity index (χ2n) is 15.4. The lowest BCUT2D eigenvalue weighted by molar-refractivity contribution is -0.552. The van der Waals surface area contributed by atoms with Crippen LogP contribution in [0.4, 0.5) is 5.69 Å². The van der Waals surface area contributed by atoms with Crippen LogP contribution < -0.4 is 32.0 Å². The molecule has 3 aromatic heterocycles.